The number of carboxylic acid groups (broad SMARTS) is 1. The number of likely N-dealkylation sites (tertiary alicyclic amines) is 1. The average molecular weight is 308 g/mol. The molecule has 1 heterocycles. The second-order valence-corrected chi connectivity index (χ2v) is 6.23. The van der Waals surface area contributed by atoms with Crippen molar-refractivity contribution >= 4 is 29.4 Å². The molecule has 0 aromatic heterocycles. The Morgan fingerprint density at radius 3 is 2.52 bits per heavy atom. The Bertz CT molecular complexity index is 532. The van der Waals surface area contributed by atoms with Gasteiger partial charge in [0.05, 0.1) is 0 Å². The van der Waals surface area contributed by atoms with E-state index in [4.69, 9.17) is 0 Å². The predicted octanol–water partition coefficient (Wildman–Crippen LogP) is 3.27. The van der Waals surface area contributed by atoms with Crippen molar-refractivity contribution in [2.24, 2.45) is 0 Å². The molecule has 2 rings (SSSR count). The summed E-state index contributed by atoms with van der Waals surface area (Å²) in [7, 11) is 0. The van der Waals surface area contributed by atoms with Crippen LogP contribution in [0.2, 0.25) is 0 Å². The molecular weight excluding hydrogens is 288 g/mol. The van der Waals surface area contributed by atoms with Crippen molar-refractivity contribution in [1.82, 2.24) is 4.90 Å². The van der Waals surface area contributed by atoms with Crippen LogP contribution in [0.3, 0.4) is 0 Å². The van der Waals surface area contributed by atoms with Gasteiger partial charge in [0.2, 0.25) is 0 Å². The van der Waals surface area contributed by atoms with Crippen LogP contribution >= 0.6 is 11.8 Å². The van der Waals surface area contributed by atoms with Gasteiger partial charge in [-0.25, -0.2) is 9.59 Å². The van der Waals surface area contributed by atoms with Crippen molar-refractivity contribution in [2.75, 3.05) is 18.1 Å². The van der Waals surface area contributed by atoms with Crippen molar-refractivity contribution in [3.05, 3.63) is 24.3 Å². The molecule has 0 aliphatic carbocycles. The fraction of sp³-hybridized carbons (Fsp3) is 0.467. The highest BCUT2D eigenvalue weighted by Gasteiger charge is 2.43. The number of nitrogens with one attached hydrogen (secondary N) is 1. The molecule has 1 unspecified atom stereocenters. The lowest BCUT2D eigenvalue weighted by Crippen LogP contribution is -2.58. The fourth-order valence-corrected chi connectivity index (χ4v) is 2.94. The molecule has 114 valence electrons. The zero-order valence-electron chi connectivity index (χ0n) is 12.3. The van der Waals surface area contributed by atoms with Crippen LogP contribution in [-0.2, 0) is 4.79 Å². The molecule has 6 heteroatoms. The third-order valence-corrected chi connectivity index (χ3v) is 4.68. The highest BCUT2D eigenvalue weighted by Crippen LogP contribution is 2.29. The number of benzene rings is 1. The van der Waals surface area contributed by atoms with Crippen molar-refractivity contribution in [2.45, 2.75) is 36.6 Å². The number of amides is 2. The zero-order chi connectivity index (χ0) is 15.5. The Hall–Kier alpha value is -1.69. The number of thioether (sulfide) groups is 1. The third kappa shape index (κ3) is 3.32. The first kappa shape index (κ1) is 15.7. The van der Waals surface area contributed by atoms with Gasteiger partial charge < -0.3 is 15.3 Å². The summed E-state index contributed by atoms with van der Waals surface area (Å²) in [5.41, 5.74) is -0.447. The Morgan fingerprint density at radius 1 is 1.29 bits per heavy atom. The quantitative estimate of drug-likeness (QED) is 0.841. The van der Waals surface area contributed by atoms with Crippen molar-refractivity contribution < 1.29 is 14.7 Å². The number of hydrogen-bond acceptors (Lipinski definition) is 3. The van der Waals surface area contributed by atoms with Gasteiger partial charge in [0, 0.05) is 17.1 Å². The van der Waals surface area contributed by atoms with Crippen molar-refractivity contribution in [3.8, 4) is 0 Å². The lowest BCUT2D eigenvalue weighted by Gasteiger charge is -2.41. The minimum absolute atomic E-state index is 0.350. The van der Waals surface area contributed by atoms with Gasteiger partial charge in [-0.1, -0.05) is 0 Å². The van der Waals surface area contributed by atoms with E-state index in [0.29, 0.717) is 18.7 Å². The number of carbonyl (C=O) groups excluding carboxylic acids is 1. The average Bonchev–Trinajstić information content (AvgIpc) is 2.48. The summed E-state index contributed by atoms with van der Waals surface area (Å²) in [6.45, 7) is 2.09. The molecule has 21 heavy (non-hydrogen) atoms. The normalized spacial score (nSPS) is 21.9. The molecule has 1 fully saturated rings. The molecule has 0 saturated carbocycles. The van der Waals surface area contributed by atoms with E-state index in [2.05, 4.69) is 5.32 Å². The molecule has 1 aromatic rings. The summed E-state index contributed by atoms with van der Waals surface area (Å²) in [4.78, 5) is 26.4. The van der Waals surface area contributed by atoms with Crippen LogP contribution in [0.5, 0.6) is 0 Å². The van der Waals surface area contributed by atoms with E-state index in [9.17, 15) is 14.7 Å². The molecule has 0 spiro atoms. The standard InChI is InChI=1S/C15H20N2O3S/c1-15(13(18)19)9-3-4-10-17(15)14(20)16-11-5-7-12(21-2)8-6-11/h5-8H,3-4,9-10H2,1-2H3,(H,16,20)(H,18,19). The summed E-state index contributed by atoms with van der Waals surface area (Å²) < 4.78 is 0. The van der Waals surface area contributed by atoms with Gasteiger partial charge in [-0.3, -0.25) is 0 Å². The second kappa shape index (κ2) is 6.39. The van der Waals surface area contributed by atoms with Crippen LogP contribution < -0.4 is 5.32 Å². The summed E-state index contributed by atoms with van der Waals surface area (Å²) in [6.07, 6.45) is 4.14. The van der Waals surface area contributed by atoms with Gasteiger partial charge in [-0.05, 0) is 56.7 Å². The molecule has 0 radical (unpaired) electrons. The lowest BCUT2D eigenvalue weighted by molar-refractivity contribution is -0.150. The second-order valence-electron chi connectivity index (χ2n) is 5.35. The van der Waals surface area contributed by atoms with Crippen LogP contribution in [-0.4, -0.2) is 40.3 Å². The molecule has 1 aliphatic rings. The Kier molecular flexibility index (Phi) is 4.77. The molecule has 2 N–H and O–H groups in total. The maximum absolute atomic E-state index is 12.4. The van der Waals surface area contributed by atoms with Gasteiger partial charge in [0.25, 0.3) is 0 Å². The molecule has 1 atom stereocenters. The van der Waals surface area contributed by atoms with Crippen LogP contribution in [0.25, 0.3) is 0 Å². The third-order valence-electron chi connectivity index (χ3n) is 3.94. The number of hydrogen-bond donors (Lipinski definition) is 2. The Balaban J connectivity index is 2.12. The minimum atomic E-state index is -1.12. The number of piperidine rings is 1. The number of anilines is 1. The van der Waals surface area contributed by atoms with Gasteiger partial charge >= 0.3 is 12.0 Å². The van der Waals surface area contributed by atoms with Gasteiger partial charge in [0.1, 0.15) is 5.54 Å². The smallest absolute Gasteiger partial charge is 0.329 e. The predicted molar refractivity (Wildman–Crippen MR) is 83.8 cm³/mol. The van der Waals surface area contributed by atoms with E-state index in [1.54, 1.807) is 18.7 Å². The van der Waals surface area contributed by atoms with Crippen LogP contribution in [0.1, 0.15) is 26.2 Å². The van der Waals surface area contributed by atoms with Crippen LogP contribution in [0.15, 0.2) is 29.2 Å². The van der Waals surface area contributed by atoms with E-state index in [1.165, 1.54) is 4.90 Å². The molecule has 1 aliphatic heterocycles. The summed E-state index contributed by atoms with van der Waals surface area (Å²) >= 11 is 1.63. The maximum Gasteiger partial charge on any atom is 0.329 e. The fourth-order valence-electron chi connectivity index (χ4n) is 2.53. The number of urea groups is 1. The van der Waals surface area contributed by atoms with E-state index in [-0.39, 0.29) is 6.03 Å². The molecule has 1 saturated heterocycles. The van der Waals surface area contributed by atoms with E-state index < -0.39 is 11.5 Å². The molecule has 0 bridgehead atoms. The number of aliphatic carboxylic acids is 1. The first-order valence-corrected chi connectivity index (χ1v) is 8.16. The first-order chi connectivity index (χ1) is 9.97. The highest BCUT2D eigenvalue weighted by atomic mass is 32.2. The Morgan fingerprint density at radius 2 is 1.95 bits per heavy atom. The van der Waals surface area contributed by atoms with Gasteiger partial charge in [0.15, 0.2) is 0 Å². The summed E-state index contributed by atoms with van der Waals surface area (Å²) in [5, 5.41) is 12.2. The topological polar surface area (TPSA) is 69.6 Å². The lowest BCUT2D eigenvalue weighted by atomic mass is 9.89. The Labute approximate surface area is 128 Å². The monoisotopic (exact) mass is 308 g/mol. The molecule has 2 amide bonds. The number of carboxylic acids is 1. The largest absolute Gasteiger partial charge is 0.480 e. The van der Waals surface area contributed by atoms with E-state index in [0.717, 1.165) is 17.7 Å². The van der Waals surface area contributed by atoms with Crippen molar-refractivity contribution in [1.29, 1.82) is 0 Å². The maximum atomic E-state index is 12.4. The summed E-state index contributed by atoms with van der Waals surface area (Å²) in [6, 6.07) is 7.15. The SMILES string of the molecule is CSc1ccc(NC(=O)N2CCCCC2(C)C(=O)O)cc1. The van der Waals surface area contributed by atoms with Crippen LogP contribution in [0.4, 0.5) is 10.5 Å². The number of nitrogens with zero attached hydrogens (tertiary/aromatic N) is 1. The number of rotatable bonds is 3. The van der Waals surface area contributed by atoms with E-state index in [1.807, 2.05) is 30.5 Å². The minimum Gasteiger partial charge on any atom is -0.480 e. The molecule has 1 aromatic carbocycles. The highest BCUT2D eigenvalue weighted by molar-refractivity contribution is 7.98. The van der Waals surface area contributed by atoms with E-state index >= 15 is 0 Å². The molecular formula is C15H20N2O3S. The number of carbonyl (C=O) groups is 2. The van der Waals surface area contributed by atoms with Crippen molar-refractivity contribution in [3.63, 3.8) is 0 Å². The summed E-state index contributed by atoms with van der Waals surface area (Å²) in [5.74, 6) is -0.949. The van der Waals surface area contributed by atoms with Gasteiger partial charge in [-0.15, -0.1) is 11.8 Å². The first-order valence-electron chi connectivity index (χ1n) is 6.93. The van der Waals surface area contributed by atoms with Gasteiger partial charge in [-0.2, -0.15) is 0 Å². The zero-order valence-corrected chi connectivity index (χ0v) is 13.1. The molecule has 5 nitrogen and oxygen atoms in total. The van der Waals surface area contributed by atoms with Crippen LogP contribution in [0, 0.1) is 0 Å².